The van der Waals surface area contributed by atoms with E-state index in [1.165, 1.54) is 5.56 Å². The van der Waals surface area contributed by atoms with Gasteiger partial charge in [-0.25, -0.2) is 0 Å². The third-order valence-electron chi connectivity index (χ3n) is 4.95. The summed E-state index contributed by atoms with van der Waals surface area (Å²) < 4.78 is 11.4. The van der Waals surface area contributed by atoms with Crippen LogP contribution < -0.4 is 0 Å². The van der Waals surface area contributed by atoms with Gasteiger partial charge in [0.25, 0.3) is 5.91 Å². The third-order valence-corrected chi connectivity index (χ3v) is 4.95. The van der Waals surface area contributed by atoms with Crippen molar-refractivity contribution >= 4 is 5.91 Å². The number of carbonyl (C=O) groups is 1. The van der Waals surface area contributed by atoms with Gasteiger partial charge in [-0.1, -0.05) is 36.4 Å². The minimum absolute atomic E-state index is 0.0174. The second-order valence-corrected chi connectivity index (χ2v) is 6.91. The standard InChI is InChI=1S/C22H27NO4/c1-3-27-21(13-18-9-10-20(24)11-16(18)2)22(25)23-15-26-14-19(23)12-17-7-5-4-6-8-17/h4-11,19,21,24H,3,12-15H2,1-2H3/t19-,21-/m0/s1. The van der Waals surface area contributed by atoms with Crippen LogP contribution >= 0.6 is 0 Å². The molecule has 1 aliphatic heterocycles. The molecule has 144 valence electrons. The maximum absolute atomic E-state index is 13.2. The van der Waals surface area contributed by atoms with Crippen molar-refractivity contribution in [1.82, 2.24) is 4.90 Å². The summed E-state index contributed by atoms with van der Waals surface area (Å²) in [6.45, 7) is 5.13. The largest absolute Gasteiger partial charge is 0.508 e. The summed E-state index contributed by atoms with van der Waals surface area (Å²) in [6.07, 6.45) is 0.690. The lowest BCUT2D eigenvalue weighted by Gasteiger charge is -2.27. The predicted molar refractivity (Wildman–Crippen MR) is 104 cm³/mol. The Bertz CT molecular complexity index is 762. The zero-order chi connectivity index (χ0) is 19.2. The molecular formula is C22H27NO4. The van der Waals surface area contributed by atoms with Crippen LogP contribution in [0.15, 0.2) is 48.5 Å². The van der Waals surface area contributed by atoms with Crippen molar-refractivity contribution in [3.63, 3.8) is 0 Å². The van der Waals surface area contributed by atoms with Crippen LogP contribution in [-0.2, 0) is 27.1 Å². The second-order valence-electron chi connectivity index (χ2n) is 6.91. The van der Waals surface area contributed by atoms with Gasteiger partial charge >= 0.3 is 0 Å². The number of rotatable bonds is 7. The predicted octanol–water partition coefficient (Wildman–Crippen LogP) is 3.08. The van der Waals surface area contributed by atoms with Gasteiger partial charge in [0.15, 0.2) is 0 Å². The number of benzene rings is 2. The van der Waals surface area contributed by atoms with Crippen LogP contribution in [0.1, 0.15) is 23.6 Å². The lowest BCUT2D eigenvalue weighted by Crippen LogP contribution is -2.45. The number of carbonyl (C=O) groups excluding carboxylic acids is 1. The van der Waals surface area contributed by atoms with E-state index >= 15 is 0 Å². The van der Waals surface area contributed by atoms with Crippen molar-refractivity contribution in [1.29, 1.82) is 0 Å². The molecule has 1 N–H and O–H groups in total. The Morgan fingerprint density at radius 3 is 2.78 bits per heavy atom. The third kappa shape index (κ3) is 4.87. The summed E-state index contributed by atoms with van der Waals surface area (Å²) in [7, 11) is 0. The zero-order valence-electron chi connectivity index (χ0n) is 15.9. The molecule has 1 fully saturated rings. The van der Waals surface area contributed by atoms with Gasteiger partial charge in [0, 0.05) is 13.0 Å². The molecule has 27 heavy (non-hydrogen) atoms. The quantitative estimate of drug-likeness (QED) is 0.815. The molecule has 0 aromatic heterocycles. The Hall–Kier alpha value is -2.37. The second kappa shape index (κ2) is 9.02. The highest BCUT2D eigenvalue weighted by atomic mass is 16.5. The first-order chi connectivity index (χ1) is 13.1. The monoisotopic (exact) mass is 369 g/mol. The van der Waals surface area contributed by atoms with Gasteiger partial charge in [0.2, 0.25) is 0 Å². The van der Waals surface area contributed by atoms with Crippen LogP contribution in [0.5, 0.6) is 5.75 Å². The van der Waals surface area contributed by atoms with Crippen LogP contribution in [0, 0.1) is 6.92 Å². The minimum Gasteiger partial charge on any atom is -0.508 e. The van der Waals surface area contributed by atoms with Gasteiger partial charge in [-0.05, 0) is 49.1 Å². The minimum atomic E-state index is -0.557. The summed E-state index contributed by atoms with van der Waals surface area (Å²) in [5, 5.41) is 9.61. The number of phenolic OH excluding ortho intramolecular Hbond substituents is 1. The van der Waals surface area contributed by atoms with Crippen molar-refractivity contribution in [2.24, 2.45) is 0 Å². The summed E-state index contributed by atoms with van der Waals surface area (Å²) in [6, 6.07) is 15.4. The Morgan fingerprint density at radius 2 is 2.07 bits per heavy atom. The molecule has 0 unspecified atom stereocenters. The number of aromatic hydroxyl groups is 1. The number of hydrogen-bond acceptors (Lipinski definition) is 4. The Kier molecular flexibility index (Phi) is 6.48. The van der Waals surface area contributed by atoms with E-state index < -0.39 is 6.10 Å². The summed E-state index contributed by atoms with van der Waals surface area (Å²) in [5.41, 5.74) is 3.14. The fraction of sp³-hybridized carbons (Fsp3) is 0.409. The molecule has 5 heteroatoms. The van der Waals surface area contributed by atoms with Crippen LogP contribution in [0.2, 0.25) is 0 Å². The number of aryl methyl sites for hydroxylation is 1. The Morgan fingerprint density at radius 1 is 1.30 bits per heavy atom. The van der Waals surface area contributed by atoms with Gasteiger partial charge < -0.3 is 19.5 Å². The van der Waals surface area contributed by atoms with Gasteiger partial charge in [0.05, 0.1) is 12.6 Å². The van der Waals surface area contributed by atoms with Gasteiger partial charge in [-0.2, -0.15) is 0 Å². The van der Waals surface area contributed by atoms with Crippen molar-refractivity contribution in [3.05, 3.63) is 65.2 Å². The van der Waals surface area contributed by atoms with Gasteiger partial charge in [0.1, 0.15) is 18.6 Å². The number of amides is 1. The first-order valence-electron chi connectivity index (χ1n) is 9.40. The Labute approximate surface area is 160 Å². The molecule has 3 rings (SSSR count). The summed E-state index contributed by atoms with van der Waals surface area (Å²) in [5.74, 6) is 0.189. The van der Waals surface area contributed by atoms with Crippen LogP contribution in [0.25, 0.3) is 0 Å². The first-order valence-corrected chi connectivity index (χ1v) is 9.40. The molecule has 1 heterocycles. The molecule has 0 bridgehead atoms. The highest BCUT2D eigenvalue weighted by Gasteiger charge is 2.34. The van der Waals surface area contributed by atoms with Crippen molar-refractivity contribution in [2.45, 2.75) is 38.8 Å². The average molecular weight is 369 g/mol. The van der Waals surface area contributed by atoms with Crippen molar-refractivity contribution in [3.8, 4) is 5.75 Å². The summed E-state index contributed by atoms with van der Waals surface area (Å²) >= 11 is 0. The van der Waals surface area contributed by atoms with E-state index in [1.807, 2.05) is 38.1 Å². The van der Waals surface area contributed by atoms with E-state index in [0.29, 0.717) is 26.4 Å². The smallest absolute Gasteiger partial charge is 0.254 e. The topological polar surface area (TPSA) is 59.0 Å². The van der Waals surface area contributed by atoms with E-state index in [-0.39, 0.29) is 17.7 Å². The molecular weight excluding hydrogens is 342 g/mol. The lowest BCUT2D eigenvalue weighted by molar-refractivity contribution is -0.145. The highest BCUT2D eigenvalue weighted by molar-refractivity contribution is 5.82. The summed E-state index contributed by atoms with van der Waals surface area (Å²) in [4.78, 5) is 15.0. The van der Waals surface area contributed by atoms with Gasteiger partial charge in [-0.15, -0.1) is 0 Å². The molecule has 1 amide bonds. The van der Waals surface area contributed by atoms with Crippen LogP contribution in [0.4, 0.5) is 0 Å². The average Bonchev–Trinajstić information content (AvgIpc) is 3.11. The van der Waals surface area contributed by atoms with Crippen molar-refractivity contribution < 1.29 is 19.4 Å². The highest BCUT2D eigenvalue weighted by Crippen LogP contribution is 2.21. The van der Waals surface area contributed by atoms with Gasteiger partial charge in [-0.3, -0.25) is 4.79 Å². The molecule has 2 aromatic carbocycles. The molecule has 1 saturated heterocycles. The molecule has 2 atom stereocenters. The normalized spacial score (nSPS) is 17.9. The molecule has 0 saturated carbocycles. The molecule has 0 aliphatic carbocycles. The molecule has 1 aliphatic rings. The number of ether oxygens (including phenoxy) is 2. The lowest BCUT2D eigenvalue weighted by atomic mass is 10.0. The van der Waals surface area contributed by atoms with Crippen LogP contribution in [0.3, 0.4) is 0 Å². The molecule has 5 nitrogen and oxygen atoms in total. The fourth-order valence-corrected chi connectivity index (χ4v) is 3.49. The van der Waals surface area contributed by atoms with Crippen molar-refractivity contribution in [2.75, 3.05) is 19.9 Å². The Balaban J connectivity index is 1.73. The molecule has 0 spiro atoms. The van der Waals surface area contributed by atoms with E-state index in [1.54, 1.807) is 17.0 Å². The van der Waals surface area contributed by atoms with E-state index in [9.17, 15) is 9.90 Å². The maximum Gasteiger partial charge on any atom is 0.254 e. The molecule has 0 radical (unpaired) electrons. The number of nitrogens with zero attached hydrogens (tertiary/aromatic N) is 1. The van der Waals surface area contributed by atoms with E-state index in [4.69, 9.17) is 9.47 Å². The van der Waals surface area contributed by atoms with Crippen LogP contribution in [-0.4, -0.2) is 48.0 Å². The number of phenols is 1. The van der Waals surface area contributed by atoms with E-state index in [0.717, 1.165) is 17.5 Å². The molecule has 2 aromatic rings. The maximum atomic E-state index is 13.2. The SMILES string of the molecule is CCO[C@@H](Cc1ccc(O)cc1C)C(=O)N1COC[C@@H]1Cc1ccccc1. The zero-order valence-corrected chi connectivity index (χ0v) is 15.9. The van der Waals surface area contributed by atoms with E-state index in [2.05, 4.69) is 12.1 Å². The fourth-order valence-electron chi connectivity index (χ4n) is 3.49. The number of hydrogen-bond donors (Lipinski definition) is 1. The first kappa shape index (κ1) is 19.4.